The van der Waals surface area contributed by atoms with E-state index in [9.17, 15) is 4.79 Å². The van der Waals surface area contributed by atoms with Crippen molar-refractivity contribution < 1.29 is 9.53 Å². The number of carbonyl (C=O) groups is 1. The third-order valence-corrected chi connectivity index (χ3v) is 4.51. The average Bonchev–Trinajstić information content (AvgIpc) is 3.40. The van der Waals surface area contributed by atoms with E-state index in [1.165, 1.54) is 6.33 Å². The van der Waals surface area contributed by atoms with Crippen molar-refractivity contribution in [1.29, 1.82) is 0 Å². The Hall–Kier alpha value is -3.42. The van der Waals surface area contributed by atoms with E-state index in [-0.39, 0.29) is 5.91 Å². The SMILES string of the molecule is COc1cccc(C(=O)Nc2cnn(-c3ncncc3N3CCCC3)c2)c1. The zero-order chi connectivity index (χ0) is 18.6. The molecule has 0 bridgehead atoms. The molecule has 1 amide bonds. The topological polar surface area (TPSA) is 85.2 Å². The van der Waals surface area contributed by atoms with Gasteiger partial charge in [-0.25, -0.2) is 14.6 Å². The van der Waals surface area contributed by atoms with Gasteiger partial charge in [0.2, 0.25) is 0 Å². The summed E-state index contributed by atoms with van der Waals surface area (Å²) in [4.78, 5) is 23.3. The Kier molecular flexibility index (Phi) is 4.69. The van der Waals surface area contributed by atoms with Crippen LogP contribution in [0, 0.1) is 0 Å². The smallest absolute Gasteiger partial charge is 0.255 e. The highest BCUT2D eigenvalue weighted by molar-refractivity contribution is 6.04. The molecule has 2 aromatic heterocycles. The molecular formula is C19H20N6O2. The molecule has 1 saturated heterocycles. The number of ether oxygens (including phenoxy) is 1. The second kappa shape index (κ2) is 7.45. The van der Waals surface area contributed by atoms with Crippen molar-refractivity contribution in [1.82, 2.24) is 19.7 Å². The van der Waals surface area contributed by atoms with Crippen molar-refractivity contribution >= 4 is 17.3 Å². The standard InChI is InChI=1S/C19H20N6O2/c1-27-16-6-4-5-14(9-16)19(26)23-15-10-22-25(12-15)18-17(11-20-13-21-18)24-7-2-3-8-24/h4-6,9-13H,2-3,7-8H2,1H3,(H,23,26). The van der Waals surface area contributed by atoms with Gasteiger partial charge in [0, 0.05) is 18.7 Å². The number of carbonyl (C=O) groups excluding carboxylic acids is 1. The van der Waals surface area contributed by atoms with Gasteiger partial charge in [-0.2, -0.15) is 5.10 Å². The van der Waals surface area contributed by atoms with Crippen molar-refractivity contribution in [3.8, 4) is 11.6 Å². The minimum atomic E-state index is -0.226. The predicted octanol–water partition coefficient (Wildman–Crippen LogP) is 2.52. The number of hydrogen-bond acceptors (Lipinski definition) is 6. The number of nitrogens with zero attached hydrogens (tertiary/aromatic N) is 5. The number of amides is 1. The monoisotopic (exact) mass is 364 g/mol. The molecule has 0 unspecified atom stereocenters. The van der Waals surface area contributed by atoms with Crippen LogP contribution in [0.2, 0.25) is 0 Å². The fourth-order valence-corrected chi connectivity index (χ4v) is 3.14. The highest BCUT2D eigenvalue weighted by Gasteiger charge is 2.18. The minimum Gasteiger partial charge on any atom is -0.497 e. The van der Waals surface area contributed by atoms with Crippen molar-refractivity contribution in [2.45, 2.75) is 12.8 Å². The highest BCUT2D eigenvalue weighted by Crippen LogP contribution is 2.25. The number of rotatable bonds is 5. The quantitative estimate of drug-likeness (QED) is 0.749. The van der Waals surface area contributed by atoms with Gasteiger partial charge in [0.15, 0.2) is 5.82 Å². The molecule has 0 spiro atoms. The van der Waals surface area contributed by atoms with Gasteiger partial charge >= 0.3 is 0 Å². The lowest BCUT2D eigenvalue weighted by molar-refractivity contribution is 0.102. The van der Waals surface area contributed by atoms with Gasteiger partial charge in [0.25, 0.3) is 5.91 Å². The summed E-state index contributed by atoms with van der Waals surface area (Å²) in [5, 5.41) is 7.21. The Morgan fingerprint density at radius 2 is 2.07 bits per heavy atom. The zero-order valence-corrected chi connectivity index (χ0v) is 15.0. The van der Waals surface area contributed by atoms with Gasteiger partial charge in [-0.15, -0.1) is 0 Å². The minimum absolute atomic E-state index is 0.226. The second-order valence-electron chi connectivity index (χ2n) is 6.29. The Labute approximate surface area is 156 Å². The molecule has 1 aromatic carbocycles. The molecule has 1 fully saturated rings. The molecule has 1 aliphatic heterocycles. The molecule has 3 aromatic rings. The van der Waals surface area contributed by atoms with Crippen molar-refractivity contribution in [3.63, 3.8) is 0 Å². The summed E-state index contributed by atoms with van der Waals surface area (Å²) in [5.41, 5.74) is 2.06. The largest absolute Gasteiger partial charge is 0.497 e. The van der Waals surface area contributed by atoms with Crippen LogP contribution in [0.25, 0.3) is 5.82 Å². The molecule has 1 aliphatic rings. The molecule has 0 saturated carbocycles. The fourth-order valence-electron chi connectivity index (χ4n) is 3.14. The number of benzene rings is 1. The number of hydrogen-bond donors (Lipinski definition) is 1. The number of anilines is 2. The van der Waals surface area contributed by atoms with Crippen molar-refractivity contribution in [2.75, 3.05) is 30.4 Å². The molecule has 0 atom stereocenters. The Bertz CT molecular complexity index is 949. The second-order valence-corrected chi connectivity index (χ2v) is 6.29. The van der Waals surface area contributed by atoms with Gasteiger partial charge in [-0.05, 0) is 31.0 Å². The summed E-state index contributed by atoms with van der Waals surface area (Å²) in [7, 11) is 1.57. The van der Waals surface area contributed by atoms with Gasteiger partial charge < -0.3 is 15.0 Å². The van der Waals surface area contributed by atoms with Crippen LogP contribution in [0.1, 0.15) is 23.2 Å². The van der Waals surface area contributed by atoms with Gasteiger partial charge in [0.05, 0.1) is 31.4 Å². The lowest BCUT2D eigenvalue weighted by atomic mass is 10.2. The van der Waals surface area contributed by atoms with E-state index in [0.717, 1.165) is 31.6 Å². The molecule has 27 heavy (non-hydrogen) atoms. The molecule has 0 radical (unpaired) electrons. The van der Waals surface area contributed by atoms with Crippen LogP contribution in [0.5, 0.6) is 5.75 Å². The molecule has 0 aliphatic carbocycles. The average molecular weight is 364 g/mol. The van der Waals surface area contributed by atoms with Crippen LogP contribution >= 0.6 is 0 Å². The molecule has 3 heterocycles. The summed E-state index contributed by atoms with van der Waals surface area (Å²) in [6.45, 7) is 1.97. The van der Waals surface area contributed by atoms with Crippen LogP contribution in [-0.4, -0.2) is 45.9 Å². The first kappa shape index (κ1) is 17.0. The number of nitrogens with one attached hydrogen (secondary N) is 1. The molecule has 1 N–H and O–H groups in total. The fraction of sp³-hybridized carbons (Fsp3) is 0.263. The Morgan fingerprint density at radius 3 is 2.89 bits per heavy atom. The molecular weight excluding hydrogens is 344 g/mol. The van der Waals surface area contributed by atoms with E-state index in [1.54, 1.807) is 48.5 Å². The van der Waals surface area contributed by atoms with E-state index >= 15 is 0 Å². The maximum absolute atomic E-state index is 12.5. The van der Waals surface area contributed by atoms with Gasteiger partial charge in [0.1, 0.15) is 17.8 Å². The summed E-state index contributed by atoms with van der Waals surface area (Å²) in [6.07, 6.45) is 8.99. The first-order valence-electron chi connectivity index (χ1n) is 8.80. The lowest BCUT2D eigenvalue weighted by Gasteiger charge is -2.19. The van der Waals surface area contributed by atoms with E-state index < -0.39 is 0 Å². The summed E-state index contributed by atoms with van der Waals surface area (Å²) in [6, 6.07) is 7.00. The van der Waals surface area contributed by atoms with Crippen LogP contribution in [0.4, 0.5) is 11.4 Å². The third kappa shape index (κ3) is 3.59. The maximum Gasteiger partial charge on any atom is 0.255 e. The van der Waals surface area contributed by atoms with E-state index in [2.05, 4.69) is 25.3 Å². The number of aromatic nitrogens is 4. The summed E-state index contributed by atoms with van der Waals surface area (Å²) >= 11 is 0. The highest BCUT2D eigenvalue weighted by atomic mass is 16.5. The van der Waals surface area contributed by atoms with Gasteiger partial charge in [-0.1, -0.05) is 6.07 Å². The molecule has 8 nitrogen and oxygen atoms in total. The van der Waals surface area contributed by atoms with Crippen molar-refractivity contribution in [2.24, 2.45) is 0 Å². The summed E-state index contributed by atoms with van der Waals surface area (Å²) < 4.78 is 6.83. The van der Waals surface area contributed by atoms with Crippen LogP contribution in [0.15, 0.2) is 49.2 Å². The van der Waals surface area contributed by atoms with Gasteiger partial charge in [-0.3, -0.25) is 4.79 Å². The van der Waals surface area contributed by atoms with Crippen LogP contribution in [-0.2, 0) is 0 Å². The third-order valence-electron chi connectivity index (χ3n) is 4.51. The Balaban J connectivity index is 1.55. The Morgan fingerprint density at radius 1 is 1.22 bits per heavy atom. The first-order valence-corrected chi connectivity index (χ1v) is 8.80. The normalized spacial score (nSPS) is 13.6. The van der Waals surface area contributed by atoms with Crippen LogP contribution < -0.4 is 15.0 Å². The maximum atomic E-state index is 12.5. The zero-order valence-electron chi connectivity index (χ0n) is 15.0. The van der Waals surface area contributed by atoms with E-state index in [4.69, 9.17) is 4.74 Å². The molecule has 8 heteroatoms. The molecule has 4 rings (SSSR count). The van der Waals surface area contributed by atoms with E-state index in [0.29, 0.717) is 22.8 Å². The lowest BCUT2D eigenvalue weighted by Crippen LogP contribution is -2.20. The van der Waals surface area contributed by atoms with E-state index in [1.807, 2.05) is 6.20 Å². The molecule has 138 valence electrons. The summed E-state index contributed by atoms with van der Waals surface area (Å²) in [5.74, 6) is 1.11. The predicted molar refractivity (Wildman–Crippen MR) is 102 cm³/mol. The van der Waals surface area contributed by atoms with Crippen LogP contribution in [0.3, 0.4) is 0 Å². The number of methoxy groups -OCH3 is 1. The van der Waals surface area contributed by atoms with Crippen molar-refractivity contribution in [3.05, 3.63) is 54.7 Å². The first-order chi connectivity index (χ1) is 13.2.